The van der Waals surface area contributed by atoms with Gasteiger partial charge in [0.2, 0.25) is 0 Å². The molecule has 0 saturated heterocycles. The predicted octanol–water partition coefficient (Wildman–Crippen LogP) is 4.22. The number of carbonyl (C=O) groups is 1. The maximum Gasteiger partial charge on any atom is 0.471 e. The molecule has 20 heavy (non-hydrogen) atoms. The lowest BCUT2D eigenvalue weighted by Crippen LogP contribution is -2.45. The van der Waals surface area contributed by atoms with Crippen molar-refractivity contribution in [2.24, 2.45) is 0 Å². The van der Waals surface area contributed by atoms with E-state index in [4.69, 9.17) is 11.6 Å². The average Bonchev–Trinajstić information content (AvgIpc) is 2.36. The molecule has 0 radical (unpaired) electrons. The van der Waals surface area contributed by atoms with Gasteiger partial charge in [-0.3, -0.25) is 4.79 Å². The molecule has 1 aromatic carbocycles. The molecule has 7 heteroatoms. The maximum absolute atomic E-state index is 12.5. The van der Waals surface area contributed by atoms with Crippen LogP contribution in [0.15, 0.2) is 36.9 Å². The van der Waals surface area contributed by atoms with Gasteiger partial charge in [-0.15, -0.1) is 6.58 Å². The summed E-state index contributed by atoms with van der Waals surface area (Å²) in [6, 6.07) is 6.75. The summed E-state index contributed by atoms with van der Waals surface area (Å²) in [5, 5.41) is 0.549. The molecule has 0 fully saturated rings. The van der Waals surface area contributed by atoms with E-state index in [1.807, 2.05) is 22.6 Å². The van der Waals surface area contributed by atoms with E-state index in [-0.39, 0.29) is 6.54 Å². The van der Waals surface area contributed by atoms with E-state index in [9.17, 15) is 18.0 Å². The molecule has 0 aromatic heterocycles. The van der Waals surface area contributed by atoms with Crippen LogP contribution in [-0.2, 0) is 11.2 Å². The monoisotopic (exact) mass is 417 g/mol. The van der Waals surface area contributed by atoms with Crippen molar-refractivity contribution in [2.75, 3.05) is 6.54 Å². The zero-order valence-electron chi connectivity index (χ0n) is 10.3. The third-order valence-corrected chi connectivity index (χ3v) is 3.85. The zero-order valence-corrected chi connectivity index (χ0v) is 13.2. The Hall–Kier alpha value is -0.760. The molecule has 1 atom stereocenters. The van der Waals surface area contributed by atoms with Gasteiger partial charge in [0.25, 0.3) is 0 Å². The molecule has 0 spiro atoms. The average molecular weight is 418 g/mol. The normalized spacial score (nSPS) is 12.8. The second-order valence-electron chi connectivity index (χ2n) is 4.01. The molecule has 0 aliphatic heterocycles. The van der Waals surface area contributed by atoms with Crippen LogP contribution < -0.4 is 0 Å². The summed E-state index contributed by atoms with van der Waals surface area (Å²) in [6.07, 6.45) is -3.31. The highest BCUT2D eigenvalue weighted by molar-refractivity contribution is 14.1. The Morgan fingerprint density at radius 1 is 1.40 bits per heavy atom. The van der Waals surface area contributed by atoms with Gasteiger partial charge in [0.05, 0.1) is 4.05 Å². The minimum absolute atomic E-state index is 0.153. The lowest BCUT2D eigenvalue weighted by atomic mass is 10.1. The molecule has 0 heterocycles. The molecule has 1 unspecified atom stereocenters. The van der Waals surface area contributed by atoms with Gasteiger partial charge in [-0.05, 0) is 17.7 Å². The molecular weight excluding hydrogens is 406 g/mol. The summed E-state index contributed by atoms with van der Waals surface area (Å²) in [5.74, 6) is -1.86. The molecule has 0 aliphatic carbocycles. The molecule has 0 N–H and O–H groups in total. The summed E-state index contributed by atoms with van der Waals surface area (Å²) in [7, 11) is 0. The molecule has 1 rings (SSSR count). The maximum atomic E-state index is 12.5. The number of amides is 1. The highest BCUT2D eigenvalue weighted by Crippen LogP contribution is 2.24. The van der Waals surface area contributed by atoms with Crippen molar-refractivity contribution >= 4 is 40.1 Å². The Bertz CT molecular complexity index is 475. The van der Waals surface area contributed by atoms with Gasteiger partial charge < -0.3 is 4.90 Å². The summed E-state index contributed by atoms with van der Waals surface area (Å²) in [4.78, 5) is 12.1. The van der Waals surface area contributed by atoms with E-state index >= 15 is 0 Å². The second-order valence-corrected chi connectivity index (χ2v) is 5.88. The first-order chi connectivity index (χ1) is 9.25. The molecule has 0 saturated carbocycles. The Morgan fingerprint density at radius 2 is 1.95 bits per heavy atom. The standard InChI is InChI=1S/C13H12ClF3INO/c1-2-7-19(12(20)13(15,16)17)11(18)8-9-3-5-10(14)6-4-9/h2-6,11H,1,7-8H2. The minimum atomic E-state index is -4.88. The van der Waals surface area contributed by atoms with E-state index < -0.39 is 16.1 Å². The second kappa shape index (κ2) is 7.31. The number of alkyl halides is 4. The summed E-state index contributed by atoms with van der Waals surface area (Å²) in [5.41, 5.74) is 0.804. The number of hydrogen-bond donors (Lipinski definition) is 0. The van der Waals surface area contributed by atoms with Crippen LogP contribution in [0.2, 0.25) is 5.02 Å². The van der Waals surface area contributed by atoms with Gasteiger partial charge in [0, 0.05) is 18.0 Å². The molecule has 1 amide bonds. The van der Waals surface area contributed by atoms with Gasteiger partial charge in [-0.25, -0.2) is 0 Å². The molecule has 0 aliphatic rings. The highest BCUT2D eigenvalue weighted by Gasteiger charge is 2.43. The van der Waals surface area contributed by atoms with E-state index in [0.29, 0.717) is 11.4 Å². The number of rotatable bonds is 5. The van der Waals surface area contributed by atoms with Crippen LogP contribution in [0.25, 0.3) is 0 Å². The van der Waals surface area contributed by atoms with Crippen molar-refractivity contribution in [3.8, 4) is 0 Å². The lowest BCUT2D eigenvalue weighted by Gasteiger charge is -2.27. The molecule has 0 bridgehead atoms. The van der Waals surface area contributed by atoms with Gasteiger partial charge in [-0.2, -0.15) is 13.2 Å². The van der Waals surface area contributed by atoms with Crippen LogP contribution in [0.3, 0.4) is 0 Å². The summed E-state index contributed by atoms with van der Waals surface area (Å²) < 4.78 is 37.0. The van der Waals surface area contributed by atoms with E-state index in [1.165, 1.54) is 6.08 Å². The van der Waals surface area contributed by atoms with Crippen LogP contribution >= 0.6 is 34.2 Å². The number of nitrogens with zero attached hydrogens (tertiary/aromatic N) is 1. The zero-order chi connectivity index (χ0) is 15.3. The Labute approximate surface area is 133 Å². The first kappa shape index (κ1) is 17.3. The fraction of sp³-hybridized carbons (Fsp3) is 0.308. The topological polar surface area (TPSA) is 20.3 Å². The third-order valence-electron chi connectivity index (χ3n) is 2.48. The Kier molecular flexibility index (Phi) is 6.32. The van der Waals surface area contributed by atoms with Gasteiger partial charge in [0.15, 0.2) is 0 Å². The van der Waals surface area contributed by atoms with Crippen molar-refractivity contribution < 1.29 is 18.0 Å². The molecular formula is C13H12ClF3INO. The van der Waals surface area contributed by atoms with E-state index in [0.717, 1.165) is 10.5 Å². The fourth-order valence-electron chi connectivity index (χ4n) is 1.55. The number of halogens is 5. The molecule has 1 aromatic rings. The smallest absolute Gasteiger partial charge is 0.319 e. The van der Waals surface area contributed by atoms with Gasteiger partial charge in [-0.1, -0.05) is 52.4 Å². The van der Waals surface area contributed by atoms with Crippen molar-refractivity contribution in [3.63, 3.8) is 0 Å². The number of carbonyl (C=O) groups excluding carboxylic acids is 1. The van der Waals surface area contributed by atoms with Crippen LogP contribution in [0.5, 0.6) is 0 Å². The van der Waals surface area contributed by atoms with Crippen molar-refractivity contribution in [1.29, 1.82) is 0 Å². The predicted molar refractivity (Wildman–Crippen MR) is 80.9 cm³/mol. The van der Waals surface area contributed by atoms with Crippen LogP contribution in [0.1, 0.15) is 5.56 Å². The van der Waals surface area contributed by atoms with Gasteiger partial charge in [0.1, 0.15) is 0 Å². The summed E-state index contributed by atoms with van der Waals surface area (Å²) >= 11 is 7.56. The SMILES string of the molecule is C=CCN(C(=O)C(F)(F)F)C(I)Cc1ccc(Cl)cc1. The molecule has 110 valence electrons. The minimum Gasteiger partial charge on any atom is -0.319 e. The Morgan fingerprint density at radius 3 is 2.40 bits per heavy atom. The quantitative estimate of drug-likeness (QED) is 0.304. The Balaban J connectivity index is 2.83. The lowest BCUT2D eigenvalue weighted by molar-refractivity contribution is -0.185. The third kappa shape index (κ3) is 4.97. The van der Waals surface area contributed by atoms with Crippen LogP contribution in [0.4, 0.5) is 13.2 Å². The number of hydrogen-bond acceptors (Lipinski definition) is 1. The summed E-state index contributed by atoms with van der Waals surface area (Å²) in [6.45, 7) is 3.23. The van der Waals surface area contributed by atoms with Crippen molar-refractivity contribution in [3.05, 3.63) is 47.5 Å². The molecule has 2 nitrogen and oxygen atoms in total. The largest absolute Gasteiger partial charge is 0.471 e. The van der Waals surface area contributed by atoms with E-state index in [2.05, 4.69) is 6.58 Å². The van der Waals surface area contributed by atoms with Crippen molar-refractivity contribution in [1.82, 2.24) is 4.90 Å². The van der Waals surface area contributed by atoms with Crippen molar-refractivity contribution in [2.45, 2.75) is 16.6 Å². The van der Waals surface area contributed by atoms with Crippen LogP contribution in [-0.4, -0.2) is 27.6 Å². The number of benzene rings is 1. The highest BCUT2D eigenvalue weighted by atomic mass is 127. The first-order valence-electron chi connectivity index (χ1n) is 5.63. The van der Waals surface area contributed by atoms with E-state index in [1.54, 1.807) is 24.3 Å². The van der Waals surface area contributed by atoms with Crippen LogP contribution in [0, 0.1) is 0 Å². The first-order valence-corrected chi connectivity index (χ1v) is 7.25. The fourth-order valence-corrected chi connectivity index (χ4v) is 2.67. The van der Waals surface area contributed by atoms with Gasteiger partial charge >= 0.3 is 12.1 Å².